The molecule has 0 unspecified atom stereocenters. The standard InChI is InChI=1S/C24H26N6/c1-19-14-25-9-8-23(19)29-11-5-10-28(12-13-29)17-20-15-26-24-22(16-27-30(24)18-20)21-6-3-2-4-7-21/h2-4,6-9,14-16,18H,5,10-13,17H2,1H3. The van der Waals surface area contributed by atoms with Crippen LogP contribution in [0.5, 0.6) is 0 Å². The van der Waals surface area contributed by atoms with E-state index in [0.29, 0.717) is 0 Å². The number of nitrogens with zero attached hydrogens (tertiary/aromatic N) is 6. The summed E-state index contributed by atoms with van der Waals surface area (Å²) in [4.78, 5) is 14.0. The van der Waals surface area contributed by atoms with Gasteiger partial charge in [0.25, 0.3) is 0 Å². The molecule has 3 aromatic heterocycles. The first-order chi connectivity index (χ1) is 14.8. The molecule has 1 fully saturated rings. The molecule has 6 heteroatoms. The van der Waals surface area contributed by atoms with Crippen LogP contribution in [-0.4, -0.2) is 50.7 Å². The molecule has 0 radical (unpaired) electrons. The van der Waals surface area contributed by atoms with Gasteiger partial charge in [0.1, 0.15) is 0 Å². The van der Waals surface area contributed by atoms with E-state index >= 15 is 0 Å². The summed E-state index contributed by atoms with van der Waals surface area (Å²) in [6.07, 6.45) is 11.0. The van der Waals surface area contributed by atoms with E-state index in [1.54, 1.807) is 0 Å². The number of aromatic nitrogens is 4. The van der Waals surface area contributed by atoms with Crippen molar-refractivity contribution in [2.75, 3.05) is 31.1 Å². The summed E-state index contributed by atoms with van der Waals surface area (Å²) in [5.41, 5.74) is 6.86. The van der Waals surface area contributed by atoms with Crippen molar-refractivity contribution in [3.63, 3.8) is 0 Å². The first-order valence-corrected chi connectivity index (χ1v) is 10.5. The molecule has 1 aromatic carbocycles. The van der Waals surface area contributed by atoms with E-state index in [1.807, 2.05) is 47.5 Å². The van der Waals surface area contributed by atoms with E-state index in [4.69, 9.17) is 4.98 Å². The second kappa shape index (κ2) is 8.24. The van der Waals surface area contributed by atoms with Crippen molar-refractivity contribution in [3.05, 3.63) is 78.5 Å². The van der Waals surface area contributed by atoms with Gasteiger partial charge in [-0.15, -0.1) is 0 Å². The number of pyridine rings is 1. The first-order valence-electron chi connectivity index (χ1n) is 10.5. The summed E-state index contributed by atoms with van der Waals surface area (Å²) in [5, 5.41) is 4.55. The number of benzene rings is 1. The van der Waals surface area contributed by atoms with Gasteiger partial charge in [-0.05, 0) is 30.5 Å². The summed E-state index contributed by atoms with van der Waals surface area (Å²) in [6.45, 7) is 7.27. The zero-order valence-corrected chi connectivity index (χ0v) is 17.3. The van der Waals surface area contributed by atoms with E-state index < -0.39 is 0 Å². The van der Waals surface area contributed by atoms with E-state index in [0.717, 1.165) is 55.9 Å². The van der Waals surface area contributed by atoms with Crippen molar-refractivity contribution in [2.24, 2.45) is 0 Å². The van der Waals surface area contributed by atoms with Gasteiger partial charge in [0, 0.05) is 74.3 Å². The summed E-state index contributed by atoms with van der Waals surface area (Å²) < 4.78 is 1.90. The smallest absolute Gasteiger partial charge is 0.162 e. The van der Waals surface area contributed by atoms with Crippen LogP contribution < -0.4 is 4.90 Å². The van der Waals surface area contributed by atoms with Crippen molar-refractivity contribution < 1.29 is 0 Å². The van der Waals surface area contributed by atoms with Gasteiger partial charge in [0.05, 0.1) is 6.20 Å². The van der Waals surface area contributed by atoms with Crippen LogP contribution in [-0.2, 0) is 6.54 Å². The van der Waals surface area contributed by atoms with Crippen LogP contribution in [0, 0.1) is 6.92 Å². The van der Waals surface area contributed by atoms with Crippen molar-refractivity contribution >= 4 is 11.3 Å². The molecule has 30 heavy (non-hydrogen) atoms. The fraction of sp³-hybridized carbons (Fsp3) is 0.292. The largest absolute Gasteiger partial charge is 0.370 e. The lowest BCUT2D eigenvalue weighted by Gasteiger charge is -2.25. The van der Waals surface area contributed by atoms with Gasteiger partial charge in [0.2, 0.25) is 0 Å². The van der Waals surface area contributed by atoms with Crippen LogP contribution >= 0.6 is 0 Å². The van der Waals surface area contributed by atoms with Gasteiger partial charge in [-0.1, -0.05) is 30.3 Å². The number of hydrogen-bond acceptors (Lipinski definition) is 5. The van der Waals surface area contributed by atoms with Crippen LogP contribution in [0.25, 0.3) is 16.8 Å². The maximum absolute atomic E-state index is 4.74. The van der Waals surface area contributed by atoms with E-state index in [1.165, 1.54) is 16.8 Å². The Morgan fingerprint density at radius 2 is 1.83 bits per heavy atom. The van der Waals surface area contributed by atoms with E-state index in [2.05, 4.69) is 51.2 Å². The number of rotatable bonds is 4. The van der Waals surface area contributed by atoms with Crippen LogP contribution in [0.1, 0.15) is 17.5 Å². The Morgan fingerprint density at radius 3 is 2.70 bits per heavy atom. The Morgan fingerprint density at radius 1 is 0.933 bits per heavy atom. The average molecular weight is 399 g/mol. The molecule has 1 aliphatic heterocycles. The van der Waals surface area contributed by atoms with Gasteiger partial charge in [-0.3, -0.25) is 9.88 Å². The van der Waals surface area contributed by atoms with Gasteiger partial charge >= 0.3 is 0 Å². The molecule has 0 saturated carbocycles. The molecule has 0 atom stereocenters. The van der Waals surface area contributed by atoms with Crippen LogP contribution in [0.2, 0.25) is 0 Å². The summed E-state index contributed by atoms with van der Waals surface area (Å²) >= 11 is 0. The minimum Gasteiger partial charge on any atom is -0.370 e. The normalized spacial score (nSPS) is 15.4. The third kappa shape index (κ3) is 3.78. The lowest BCUT2D eigenvalue weighted by atomic mass is 10.1. The zero-order chi connectivity index (χ0) is 20.3. The van der Waals surface area contributed by atoms with Crippen LogP contribution in [0.4, 0.5) is 5.69 Å². The second-order valence-electron chi connectivity index (χ2n) is 7.93. The highest BCUT2D eigenvalue weighted by Crippen LogP contribution is 2.24. The average Bonchev–Trinajstić information content (AvgIpc) is 3.06. The van der Waals surface area contributed by atoms with Crippen molar-refractivity contribution in [1.29, 1.82) is 0 Å². The fourth-order valence-electron chi connectivity index (χ4n) is 4.27. The predicted molar refractivity (Wildman–Crippen MR) is 120 cm³/mol. The highest BCUT2D eigenvalue weighted by Gasteiger charge is 2.17. The molecule has 6 nitrogen and oxygen atoms in total. The number of aryl methyl sites for hydroxylation is 1. The number of fused-ring (bicyclic) bond motifs is 1. The minimum absolute atomic E-state index is 0.895. The maximum Gasteiger partial charge on any atom is 0.162 e. The van der Waals surface area contributed by atoms with E-state index in [9.17, 15) is 0 Å². The maximum atomic E-state index is 4.74. The minimum atomic E-state index is 0.895. The fourth-order valence-corrected chi connectivity index (χ4v) is 4.27. The molecule has 4 aromatic rings. The monoisotopic (exact) mass is 398 g/mol. The molecule has 0 amide bonds. The predicted octanol–water partition coefficient (Wildman–Crippen LogP) is 3.81. The van der Waals surface area contributed by atoms with Crippen molar-refractivity contribution in [2.45, 2.75) is 19.9 Å². The van der Waals surface area contributed by atoms with Crippen molar-refractivity contribution in [3.8, 4) is 11.1 Å². The van der Waals surface area contributed by atoms with Crippen LogP contribution in [0.15, 0.2) is 67.4 Å². The summed E-state index contributed by atoms with van der Waals surface area (Å²) in [6, 6.07) is 12.4. The molecule has 0 aliphatic carbocycles. The SMILES string of the molecule is Cc1cnccc1N1CCCN(Cc2cnc3c(-c4ccccc4)cnn3c2)CC1. The molecular weight excluding hydrogens is 372 g/mol. The molecular formula is C24H26N6. The highest BCUT2D eigenvalue weighted by molar-refractivity contribution is 5.76. The summed E-state index contributed by atoms with van der Waals surface area (Å²) in [5.74, 6) is 0. The molecule has 0 N–H and O–H groups in total. The summed E-state index contributed by atoms with van der Waals surface area (Å²) in [7, 11) is 0. The molecule has 1 aliphatic rings. The second-order valence-corrected chi connectivity index (χ2v) is 7.93. The Hall–Kier alpha value is -3.25. The van der Waals surface area contributed by atoms with Gasteiger partial charge in [0.15, 0.2) is 5.65 Å². The van der Waals surface area contributed by atoms with Gasteiger partial charge in [-0.2, -0.15) is 5.10 Å². The lowest BCUT2D eigenvalue weighted by Crippen LogP contribution is -2.31. The third-order valence-electron chi connectivity index (χ3n) is 5.82. The Balaban J connectivity index is 1.29. The molecule has 1 saturated heterocycles. The highest BCUT2D eigenvalue weighted by atomic mass is 15.2. The topological polar surface area (TPSA) is 49.6 Å². The number of hydrogen-bond donors (Lipinski definition) is 0. The molecule has 0 spiro atoms. The van der Waals surface area contributed by atoms with Gasteiger partial charge < -0.3 is 4.90 Å². The van der Waals surface area contributed by atoms with Crippen molar-refractivity contribution in [1.82, 2.24) is 24.5 Å². The Labute approximate surface area is 176 Å². The quantitative estimate of drug-likeness (QED) is 0.523. The third-order valence-corrected chi connectivity index (χ3v) is 5.82. The van der Waals surface area contributed by atoms with Crippen LogP contribution in [0.3, 0.4) is 0 Å². The molecule has 4 heterocycles. The lowest BCUT2D eigenvalue weighted by molar-refractivity contribution is 0.284. The number of anilines is 1. The Bertz CT molecular complexity index is 1140. The van der Waals surface area contributed by atoms with Gasteiger partial charge in [-0.25, -0.2) is 9.50 Å². The van der Waals surface area contributed by atoms with E-state index in [-0.39, 0.29) is 0 Å². The Kier molecular flexibility index (Phi) is 5.15. The molecule has 0 bridgehead atoms. The molecule has 152 valence electrons. The zero-order valence-electron chi connectivity index (χ0n) is 17.3. The molecule has 5 rings (SSSR count). The first kappa shape index (κ1) is 18.8.